The van der Waals surface area contributed by atoms with Gasteiger partial charge in [-0.05, 0) is 24.3 Å². The first-order valence-corrected chi connectivity index (χ1v) is 9.44. The van der Waals surface area contributed by atoms with Crippen molar-refractivity contribution in [3.63, 3.8) is 0 Å². The third-order valence-electron chi connectivity index (χ3n) is 5.44. The Kier molecular flexibility index (Phi) is 3.35. The fourth-order valence-corrected chi connectivity index (χ4v) is 3.86. The van der Waals surface area contributed by atoms with E-state index in [4.69, 9.17) is 4.98 Å². The lowest BCUT2D eigenvalue weighted by Crippen LogP contribution is -2.12. The molecule has 0 aliphatic rings. The van der Waals surface area contributed by atoms with Gasteiger partial charge in [-0.1, -0.05) is 45.0 Å². The van der Waals surface area contributed by atoms with Crippen LogP contribution in [-0.2, 0) is 12.5 Å². The molecule has 0 atom stereocenters. The predicted octanol–water partition coefficient (Wildman–Crippen LogP) is 4.63. The molecule has 3 aromatic heterocycles. The number of imidazole rings is 2. The Morgan fingerprint density at radius 3 is 2.36 bits per heavy atom. The monoisotopic (exact) mass is 370 g/mol. The SMILES string of the molecule is Cn1c(-c2c(=O)c3ccccc3n3cc(C(C)(C)C)[nH]c23)nc2ccccc21. The molecule has 0 unspecified atom stereocenters. The average Bonchev–Trinajstić information content (AvgIpc) is 3.25. The Labute approximate surface area is 162 Å². The van der Waals surface area contributed by atoms with E-state index in [1.165, 1.54) is 0 Å². The lowest BCUT2D eigenvalue weighted by molar-refractivity contribution is 0.573. The van der Waals surface area contributed by atoms with Crippen molar-refractivity contribution in [3.05, 3.63) is 70.6 Å². The zero-order chi connectivity index (χ0) is 19.6. The third kappa shape index (κ3) is 2.26. The van der Waals surface area contributed by atoms with Gasteiger partial charge in [0.15, 0.2) is 0 Å². The molecular weight excluding hydrogens is 348 g/mol. The van der Waals surface area contributed by atoms with E-state index in [1.54, 1.807) is 0 Å². The van der Waals surface area contributed by atoms with Gasteiger partial charge in [-0.2, -0.15) is 0 Å². The Morgan fingerprint density at radius 1 is 0.964 bits per heavy atom. The number of H-pyrrole nitrogens is 1. The van der Waals surface area contributed by atoms with Gasteiger partial charge in [0, 0.05) is 29.7 Å². The number of rotatable bonds is 1. The van der Waals surface area contributed by atoms with Gasteiger partial charge >= 0.3 is 0 Å². The van der Waals surface area contributed by atoms with Gasteiger partial charge in [-0.25, -0.2) is 4.98 Å². The number of hydrogen-bond donors (Lipinski definition) is 1. The Morgan fingerprint density at radius 2 is 1.64 bits per heavy atom. The molecule has 0 spiro atoms. The molecule has 0 aliphatic carbocycles. The van der Waals surface area contributed by atoms with Crippen molar-refractivity contribution in [1.82, 2.24) is 18.9 Å². The summed E-state index contributed by atoms with van der Waals surface area (Å²) >= 11 is 0. The normalized spacial score (nSPS) is 12.4. The molecule has 1 N–H and O–H groups in total. The van der Waals surface area contributed by atoms with Crippen molar-refractivity contribution in [2.24, 2.45) is 7.05 Å². The van der Waals surface area contributed by atoms with Crippen molar-refractivity contribution in [3.8, 4) is 11.4 Å². The van der Waals surface area contributed by atoms with Crippen molar-refractivity contribution in [1.29, 1.82) is 0 Å². The molecule has 5 heteroatoms. The highest BCUT2D eigenvalue weighted by Crippen LogP contribution is 2.30. The Bertz CT molecular complexity index is 1430. The first kappa shape index (κ1) is 16.8. The summed E-state index contributed by atoms with van der Waals surface area (Å²) in [4.78, 5) is 21.9. The largest absolute Gasteiger partial charge is 0.342 e. The minimum absolute atomic E-state index is 0.00341. The predicted molar refractivity (Wildman–Crippen MR) is 114 cm³/mol. The second kappa shape index (κ2) is 5.58. The summed E-state index contributed by atoms with van der Waals surface area (Å²) in [5.41, 5.74) is 5.18. The van der Waals surface area contributed by atoms with Crippen LogP contribution in [0.4, 0.5) is 0 Å². The lowest BCUT2D eigenvalue weighted by atomic mass is 9.93. The Hall–Kier alpha value is -3.34. The number of aromatic amines is 1. The van der Waals surface area contributed by atoms with Crippen LogP contribution in [0.5, 0.6) is 0 Å². The molecule has 0 fully saturated rings. The number of fused-ring (bicyclic) bond motifs is 4. The standard InChI is InChI=1S/C23H22N4O/c1-23(2,3)18-13-27-16-11-7-5-9-14(16)20(28)19(22(27)25-18)21-24-15-10-6-8-12-17(15)26(21)4/h5-13,25H,1-4H3. The van der Waals surface area contributed by atoms with Gasteiger partial charge in [0.25, 0.3) is 0 Å². The summed E-state index contributed by atoms with van der Waals surface area (Å²) in [6.07, 6.45) is 2.10. The van der Waals surface area contributed by atoms with Gasteiger partial charge in [0.2, 0.25) is 5.43 Å². The maximum absolute atomic E-state index is 13.5. The summed E-state index contributed by atoms with van der Waals surface area (Å²) in [6, 6.07) is 15.7. The molecule has 0 saturated carbocycles. The zero-order valence-corrected chi connectivity index (χ0v) is 16.4. The van der Waals surface area contributed by atoms with Gasteiger partial charge in [-0.15, -0.1) is 0 Å². The first-order chi connectivity index (χ1) is 13.4. The smallest absolute Gasteiger partial charge is 0.202 e. The second-order valence-corrected chi connectivity index (χ2v) is 8.34. The molecule has 3 heterocycles. The third-order valence-corrected chi connectivity index (χ3v) is 5.44. The molecule has 0 amide bonds. The van der Waals surface area contributed by atoms with Crippen LogP contribution in [0.25, 0.3) is 39.0 Å². The number of para-hydroxylation sites is 3. The molecular formula is C23H22N4O. The van der Waals surface area contributed by atoms with E-state index in [0.717, 1.165) is 27.9 Å². The molecule has 2 aromatic carbocycles. The molecule has 140 valence electrons. The van der Waals surface area contributed by atoms with Gasteiger partial charge in [-0.3, -0.25) is 4.79 Å². The average molecular weight is 370 g/mol. The van der Waals surface area contributed by atoms with Crippen molar-refractivity contribution < 1.29 is 0 Å². The van der Waals surface area contributed by atoms with E-state index < -0.39 is 0 Å². The molecule has 0 saturated heterocycles. The van der Waals surface area contributed by atoms with Crippen LogP contribution in [-0.4, -0.2) is 18.9 Å². The fraction of sp³-hybridized carbons (Fsp3) is 0.217. The number of aromatic nitrogens is 4. The maximum Gasteiger partial charge on any atom is 0.202 e. The van der Waals surface area contributed by atoms with Crippen molar-refractivity contribution >= 4 is 27.6 Å². The lowest BCUT2D eigenvalue weighted by Gasteiger charge is -2.15. The number of pyridine rings is 1. The fourth-order valence-electron chi connectivity index (χ4n) is 3.86. The van der Waals surface area contributed by atoms with Gasteiger partial charge in [0.05, 0.1) is 16.6 Å². The first-order valence-electron chi connectivity index (χ1n) is 9.44. The molecule has 5 nitrogen and oxygen atoms in total. The van der Waals surface area contributed by atoms with Gasteiger partial charge < -0.3 is 14.0 Å². The van der Waals surface area contributed by atoms with Crippen molar-refractivity contribution in [2.75, 3.05) is 0 Å². The van der Waals surface area contributed by atoms with Crippen molar-refractivity contribution in [2.45, 2.75) is 26.2 Å². The topological polar surface area (TPSA) is 55.1 Å². The minimum atomic E-state index is -0.0697. The quantitative estimate of drug-likeness (QED) is 0.468. The number of aryl methyl sites for hydroxylation is 1. The summed E-state index contributed by atoms with van der Waals surface area (Å²) in [6.45, 7) is 6.48. The van der Waals surface area contributed by atoms with E-state index in [2.05, 4.69) is 36.4 Å². The molecule has 5 rings (SSSR count). The number of nitrogens with zero attached hydrogens (tertiary/aromatic N) is 3. The number of nitrogens with one attached hydrogen (secondary N) is 1. The highest BCUT2D eigenvalue weighted by Gasteiger charge is 2.23. The van der Waals surface area contributed by atoms with Crippen LogP contribution in [0.2, 0.25) is 0 Å². The van der Waals surface area contributed by atoms with Gasteiger partial charge in [0.1, 0.15) is 17.0 Å². The van der Waals surface area contributed by atoms with Crippen LogP contribution < -0.4 is 5.43 Å². The van der Waals surface area contributed by atoms with E-state index in [1.807, 2.05) is 60.1 Å². The molecule has 0 radical (unpaired) electrons. The molecule has 0 bridgehead atoms. The highest BCUT2D eigenvalue weighted by atomic mass is 16.1. The van der Waals surface area contributed by atoms with Crippen LogP contribution in [0.3, 0.4) is 0 Å². The summed E-state index contributed by atoms with van der Waals surface area (Å²) in [7, 11) is 1.96. The molecule has 28 heavy (non-hydrogen) atoms. The van der Waals surface area contributed by atoms with Crippen LogP contribution in [0, 0.1) is 0 Å². The summed E-state index contributed by atoms with van der Waals surface area (Å²) in [5.74, 6) is 0.678. The number of benzene rings is 2. The van der Waals surface area contributed by atoms with E-state index in [-0.39, 0.29) is 10.8 Å². The molecule has 0 aliphatic heterocycles. The van der Waals surface area contributed by atoms with E-state index >= 15 is 0 Å². The molecule has 5 aromatic rings. The second-order valence-electron chi connectivity index (χ2n) is 8.34. The van der Waals surface area contributed by atoms with Crippen LogP contribution in [0.1, 0.15) is 26.5 Å². The summed E-state index contributed by atoms with van der Waals surface area (Å²) < 4.78 is 4.09. The summed E-state index contributed by atoms with van der Waals surface area (Å²) in [5, 5.41) is 0.696. The Balaban J connectivity index is 1.99. The zero-order valence-electron chi connectivity index (χ0n) is 16.4. The number of hydrogen-bond acceptors (Lipinski definition) is 2. The van der Waals surface area contributed by atoms with Crippen LogP contribution in [0.15, 0.2) is 59.5 Å². The maximum atomic E-state index is 13.5. The van der Waals surface area contributed by atoms with E-state index in [9.17, 15) is 4.79 Å². The minimum Gasteiger partial charge on any atom is -0.342 e. The highest BCUT2D eigenvalue weighted by molar-refractivity contribution is 5.92. The van der Waals surface area contributed by atoms with E-state index in [0.29, 0.717) is 16.8 Å². The van der Waals surface area contributed by atoms with Crippen LogP contribution >= 0.6 is 0 Å².